The zero-order chi connectivity index (χ0) is 12.3. The van der Waals surface area contributed by atoms with Crippen molar-refractivity contribution in [3.63, 3.8) is 0 Å². The van der Waals surface area contributed by atoms with Crippen LogP contribution in [-0.2, 0) is 5.41 Å². The first kappa shape index (κ1) is 10.9. The third kappa shape index (κ3) is 1.61. The zero-order valence-corrected chi connectivity index (χ0v) is 10.6. The Balaban J connectivity index is 1.97. The van der Waals surface area contributed by atoms with Crippen LogP contribution in [-0.4, -0.2) is 11.8 Å². The summed E-state index contributed by atoms with van der Waals surface area (Å²) in [7, 11) is 0. The Labute approximate surface area is 102 Å². The monoisotopic (exact) mass is 233 g/mol. The quantitative estimate of drug-likeness (QED) is 0.853. The van der Waals surface area contributed by atoms with Gasteiger partial charge in [-0.25, -0.2) is 0 Å². The van der Waals surface area contributed by atoms with Crippen molar-refractivity contribution in [2.45, 2.75) is 50.9 Å². The molecule has 3 nitrogen and oxygen atoms in total. The van der Waals surface area contributed by atoms with Crippen molar-refractivity contribution >= 4 is 0 Å². The van der Waals surface area contributed by atoms with Crippen LogP contribution in [0.25, 0.3) is 0 Å². The van der Waals surface area contributed by atoms with E-state index >= 15 is 0 Å². The molecule has 0 saturated heterocycles. The summed E-state index contributed by atoms with van der Waals surface area (Å²) >= 11 is 0. The molecule has 0 radical (unpaired) electrons. The van der Waals surface area contributed by atoms with Crippen molar-refractivity contribution in [3.05, 3.63) is 23.8 Å². The predicted octanol–water partition coefficient (Wildman–Crippen LogP) is 2.57. The van der Waals surface area contributed by atoms with Crippen LogP contribution < -0.4 is 15.2 Å². The maximum absolute atomic E-state index is 6.09. The van der Waals surface area contributed by atoms with Gasteiger partial charge in [0.25, 0.3) is 0 Å². The Hall–Kier alpha value is -1.22. The van der Waals surface area contributed by atoms with Gasteiger partial charge in [0.05, 0.1) is 0 Å². The molecule has 17 heavy (non-hydrogen) atoms. The average molecular weight is 233 g/mol. The Morgan fingerprint density at radius 1 is 1.18 bits per heavy atom. The standard InChI is InChI=1S/C14H19NO2/c1-9(15)14(6-7-14)10-4-5-11-12(8-10)17-13(2,3)16-11/h4-5,8-9H,6-7,15H2,1-3H3. The highest BCUT2D eigenvalue weighted by atomic mass is 16.7. The van der Waals surface area contributed by atoms with Crippen LogP contribution in [0.2, 0.25) is 0 Å². The minimum absolute atomic E-state index is 0.172. The molecule has 1 aromatic carbocycles. The molecule has 1 heterocycles. The number of ether oxygens (including phenoxy) is 2. The lowest BCUT2D eigenvalue weighted by Gasteiger charge is -2.20. The van der Waals surface area contributed by atoms with Gasteiger partial charge in [0, 0.05) is 25.3 Å². The first-order valence-electron chi connectivity index (χ1n) is 6.21. The fourth-order valence-corrected chi connectivity index (χ4v) is 2.67. The van der Waals surface area contributed by atoms with Crippen molar-refractivity contribution in [2.24, 2.45) is 5.73 Å². The Morgan fingerprint density at radius 2 is 1.82 bits per heavy atom. The normalized spacial score (nSPS) is 24.5. The lowest BCUT2D eigenvalue weighted by atomic mass is 9.89. The summed E-state index contributed by atoms with van der Waals surface area (Å²) in [5.41, 5.74) is 7.55. The molecule has 3 rings (SSSR count). The molecule has 1 atom stereocenters. The molecule has 1 aliphatic carbocycles. The lowest BCUT2D eigenvalue weighted by molar-refractivity contribution is -0.0431. The molecular weight excluding hydrogens is 214 g/mol. The highest BCUT2D eigenvalue weighted by Crippen LogP contribution is 2.52. The van der Waals surface area contributed by atoms with Gasteiger partial charge in [0.2, 0.25) is 5.79 Å². The van der Waals surface area contributed by atoms with Crippen molar-refractivity contribution in [1.29, 1.82) is 0 Å². The number of hydrogen-bond donors (Lipinski definition) is 1. The highest BCUT2D eigenvalue weighted by molar-refractivity contribution is 5.49. The van der Waals surface area contributed by atoms with Crippen molar-refractivity contribution in [3.8, 4) is 11.5 Å². The van der Waals surface area contributed by atoms with Crippen LogP contribution in [0.5, 0.6) is 11.5 Å². The Kier molecular flexibility index (Phi) is 2.03. The second kappa shape index (κ2) is 3.16. The Morgan fingerprint density at radius 3 is 2.41 bits per heavy atom. The molecule has 0 spiro atoms. The average Bonchev–Trinajstić information content (AvgIpc) is 2.95. The second-order valence-electron chi connectivity index (χ2n) is 5.71. The molecule has 2 aliphatic rings. The summed E-state index contributed by atoms with van der Waals surface area (Å²) in [6.45, 7) is 5.93. The summed E-state index contributed by atoms with van der Waals surface area (Å²) in [6, 6.07) is 6.42. The van der Waals surface area contributed by atoms with Crippen LogP contribution in [0, 0.1) is 0 Å². The summed E-state index contributed by atoms with van der Waals surface area (Å²) in [5, 5.41) is 0. The van der Waals surface area contributed by atoms with Gasteiger partial charge >= 0.3 is 0 Å². The van der Waals surface area contributed by atoms with E-state index in [0.717, 1.165) is 11.5 Å². The minimum Gasteiger partial charge on any atom is -0.449 e. The van der Waals surface area contributed by atoms with E-state index in [4.69, 9.17) is 15.2 Å². The molecule has 1 aromatic rings. The second-order valence-corrected chi connectivity index (χ2v) is 5.71. The highest BCUT2D eigenvalue weighted by Gasteiger charge is 2.48. The number of nitrogens with two attached hydrogens (primary N) is 1. The maximum Gasteiger partial charge on any atom is 0.246 e. The summed E-state index contributed by atoms with van der Waals surface area (Å²) in [5.74, 6) is 1.13. The van der Waals surface area contributed by atoms with E-state index in [1.165, 1.54) is 18.4 Å². The van der Waals surface area contributed by atoms with Gasteiger partial charge in [-0.15, -0.1) is 0 Å². The van der Waals surface area contributed by atoms with Gasteiger partial charge in [-0.2, -0.15) is 0 Å². The van der Waals surface area contributed by atoms with Gasteiger partial charge in [0.15, 0.2) is 11.5 Å². The van der Waals surface area contributed by atoms with Crippen LogP contribution in [0.3, 0.4) is 0 Å². The molecule has 0 amide bonds. The van der Waals surface area contributed by atoms with Gasteiger partial charge in [-0.05, 0) is 37.5 Å². The molecule has 1 unspecified atom stereocenters. The summed E-state index contributed by atoms with van der Waals surface area (Å²) in [6.07, 6.45) is 2.35. The van der Waals surface area contributed by atoms with E-state index in [1.54, 1.807) is 0 Å². The maximum atomic E-state index is 6.09. The Bertz CT molecular complexity index is 461. The third-order valence-electron chi connectivity index (χ3n) is 3.89. The molecule has 2 N–H and O–H groups in total. The van der Waals surface area contributed by atoms with Crippen LogP contribution in [0.15, 0.2) is 18.2 Å². The SMILES string of the molecule is CC(N)C1(c2ccc3c(c2)OC(C)(C)O3)CC1. The van der Waals surface area contributed by atoms with Gasteiger partial charge in [0.1, 0.15) is 0 Å². The zero-order valence-electron chi connectivity index (χ0n) is 10.6. The van der Waals surface area contributed by atoms with Crippen molar-refractivity contribution in [1.82, 2.24) is 0 Å². The van der Waals surface area contributed by atoms with E-state index in [9.17, 15) is 0 Å². The van der Waals surface area contributed by atoms with E-state index in [0.29, 0.717) is 0 Å². The smallest absolute Gasteiger partial charge is 0.246 e. The summed E-state index contributed by atoms with van der Waals surface area (Å²) < 4.78 is 11.5. The first-order valence-corrected chi connectivity index (χ1v) is 6.21. The molecule has 0 bridgehead atoms. The molecule has 92 valence electrons. The van der Waals surface area contributed by atoms with Crippen LogP contribution in [0.1, 0.15) is 39.2 Å². The topological polar surface area (TPSA) is 44.5 Å². The molecule has 1 saturated carbocycles. The number of rotatable bonds is 2. The molecule has 0 aromatic heterocycles. The van der Waals surface area contributed by atoms with E-state index in [1.807, 2.05) is 19.9 Å². The molecule has 1 fully saturated rings. The largest absolute Gasteiger partial charge is 0.449 e. The molecular formula is C14H19NO2. The molecule has 3 heteroatoms. The van der Waals surface area contributed by atoms with E-state index < -0.39 is 5.79 Å². The predicted molar refractivity (Wildman–Crippen MR) is 66.3 cm³/mol. The van der Waals surface area contributed by atoms with Crippen LogP contribution in [0.4, 0.5) is 0 Å². The fourth-order valence-electron chi connectivity index (χ4n) is 2.67. The first-order chi connectivity index (χ1) is 7.93. The van der Waals surface area contributed by atoms with E-state index in [2.05, 4.69) is 19.1 Å². The van der Waals surface area contributed by atoms with Gasteiger partial charge < -0.3 is 15.2 Å². The fraction of sp³-hybridized carbons (Fsp3) is 0.571. The third-order valence-corrected chi connectivity index (χ3v) is 3.89. The lowest BCUT2D eigenvalue weighted by Crippen LogP contribution is -2.31. The van der Waals surface area contributed by atoms with E-state index in [-0.39, 0.29) is 11.5 Å². The van der Waals surface area contributed by atoms with Gasteiger partial charge in [-0.3, -0.25) is 0 Å². The van der Waals surface area contributed by atoms with Crippen molar-refractivity contribution < 1.29 is 9.47 Å². The number of hydrogen-bond acceptors (Lipinski definition) is 3. The summed E-state index contributed by atoms with van der Waals surface area (Å²) in [4.78, 5) is 0. The minimum atomic E-state index is -0.550. The van der Waals surface area contributed by atoms with Gasteiger partial charge in [-0.1, -0.05) is 6.07 Å². The number of fused-ring (bicyclic) bond motifs is 1. The van der Waals surface area contributed by atoms with Crippen LogP contribution >= 0.6 is 0 Å². The van der Waals surface area contributed by atoms with Crippen molar-refractivity contribution in [2.75, 3.05) is 0 Å². The number of benzene rings is 1. The molecule has 1 aliphatic heterocycles.